The van der Waals surface area contributed by atoms with Crippen molar-refractivity contribution in [3.05, 3.63) is 22.2 Å². The number of carbonyl (C=O) groups is 2. The van der Waals surface area contributed by atoms with Gasteiger partial charge in [-0.1, -0.05) is 0 Å². The number of ether oxygens (including phenoxy) is 2. The Balaban J connectivity index is 2.34. The first-order valence-corrected chi connectivity index (χ1v) is 6.84. The molecule has 0 aliphatic carbocycles. The lowest BCUT2D eigenvalue weighted by atomic mass is 10.0. The van der Waals surface area contributed by atoms with Crippen LogP contribution in [0.15, 0.2) is 16.6 Å². The zero-order valence-electron chi connectivity index (χ0n) is 10.8. The van der Waals surface area contributed by atoms with Crippen LogP contribution in [0.5, 0.6) is 11.5 Å². The third-order valence-electron chi connectivity index (χ3n) is 2.78. The molecule has 1 aliphatic rings. The van der Waals surface area contributed by atoms with E-state index in [9.17, 15) is 9.59 Å². The van der Waals surface area contributed by atoms with Crippen LogP contribution in [0.1, 0.15) is 24.9 Å². The summed E-state index contributed by atoms with van der Waals surface area (Å²) < 4.78 is 11.6. The summed E-state index contributed by atoms with van der Waals surface area (Å²) in [5.74, 6) is -0.143. The fourth-order valence-electron chi connectivity index (χ4n) is 2.00. The van der Waals surface area contributed by atoms with Crippen LogP contribution in [0.25, 0.3) is 0 Å². The van der Waals surface area contributed by atoms with E-state index in [1.165, 1.54) is 6.92 Å². The third kappa shape index (κ3) is 3.41. The molecule has 108 valence electrons. The van der Waals surface area contributed by atoms with E-state index in [2.05, 4.69) is 21.2 Å². The number of rotatable bonds is 4. The number of carboxylic acids is 1. The lowest BCUT2D eigenvalue weighted by Crippen LogP contribution is -2.28. The molecule has 0 saturated heterocycles. The Labute approximate surface area is 124 Å². The first-order chi connectivity index (χ1) is 9.47. The van der Waals surface area contributed by atoms with Crippen LogP contribution in [0.3, 0.4) is 0 Å². The number of aliphatic carboxylic acids is 1. The normalized spacial score (nSPS) is 14.5. The monoisotopic (exact) mass is 343 g/mol. The predicted octanol–water partition coefficient (Wildman–Crippen LogP) is 1.87. The summed E-state index contributed by atoms with van der Waals surface area (Å²) in [5.41, 5.74) is 0.652. The maximum Gasteiger partial charge on any atom is 0.305 e. The van der Waals surface area contributed by atoms with Crippen molar-refractivity contribution in [1.29, 1.82) is 0 Å². The van der Waals surface area contributed by atoms with E-state index in [-0.39, 0.29) is 12.3 Å². The van der Waals surface area contributed by atoms with Crippen LogP contribution in [-0.4, -0.2) is 30.2 Å². The van der Waals surface area contributed by atoms with Crippen LogP contribution in [-0.2, 0) is 9.59 Å². The van der Waals surface area contributed by atoms with Crippen LogP contribution >= 0.6 is 15.9 Å². The van der Waals surface area contributed by atoms with Gasteiger partial charge in [0.15, 0.2) is 11.5 Å². The Bertz CT molecular complexity index is 530. The molecule has 2 N–H and O–H groups in total. The minimum absolute atomic E-state index is 0.203. The average molecular weight is 344 g/mol. The molecule has 1 heterocycles. The van der Waals surface area contributed by atoms with Gasteiger partial charge in [0.25, 0.3) is 0 Å². The molecule has 0 bridgehead atoms. The van der Waals surface area contributed by atoms with Gasteiger partial charge < -0.3 is 19.9 Å². The Hall–Kier alpha value is -1.76. The molecular formula is C13H14BrNO5. The summed E-state index contributed by atoms with van der Waals surface area (Å²) in [5, 5.41) is 11.6. The standard InChI is InChI=1S/C13H14BrNO5/c1-7(16)15-10(6-12(17)18)8-4-9(14)13-11(5-8)19-2-3-20-13/h4-5,10H,2-3,6H2,1H3,(H,15,16)(H,17,18)/t10-/m1/s1. The average Bonchev–Trinajstić information content (AvgIpc) is 2.37. The van der Waals surface area contributed by atoms with Gasteiger partial charge in [0.2, 0.25) is 5.91 Å². The van der Waals surface area contributed by atoms with Crippen molar-refractivity contribution in [1.82, 2.24) is 5.32 Å². The second kappa shape index (κ2) is 6.13. The Morgan fingerprint density at radius 2 is 2.10 bits per heavy atom. The van der Waals surface area contributed by atoms with E-state index in [4.69, 9.17) is 14.6 Å². The molecule has 1 atom stereocenters. The molecule has 0 radical (unpaired) electrons. The molecule has 0 aromatic heterocycles. The number of amides is 1. The molecule has 0 saturated carbocycles. The molecule has 7 heteroatoms. The summed E-state index contributed by atoms with van der Waals surface area (Å²) >= 11 is 3.37. The van der Waals surface area contributed by atoms with Crippen LogP contribution in [0.4, 0.5) is 0 Å². The zero-order chi connectivity index (χ0) is 14.7. The highest BCUT2D eigenvalue weighted by molar-refractivity contribution is 9.10. The quantitative estimate of drug-likeness (QED) is 0.871. The van der Waals surface area contributed by atoms with E-state index in [0.29, 0.717) is 34.7 Å². The lowest BCUT2D eigenvalue weighted by molar-refractivity contribution is -0.137. The van der Waals surface area contributed by atoms with Gasteiger partial charge in [-0.15, -0.1) is 0 Å². The first kappa shape index (κ1) is 14.6. The SMILES string of the molecule is CC(=O)N[C@H](CC(=O)O)c1cc(Br)c2c(c1)OCCO2. The van der Waals surface area contributed by atoms with E-state index >= 15 is 0 Å². The van der Waals surface area contributed by atoms with Crippen LogP contribution < -0.4 is 14.8 Å². The molecule has 0 spiro atoms. The van der Waals surface area contributed by atoms with Gasteiger partial charge in [0, 0.05) is 6.92 Å². The fourth-order valence-corrected chi connectivity index (χ4v) is 2.58. The minimum atomic E-state index is -0.991. The minimum Gasteiger partial charge on any atom is -0.486 e. The summed E-state index contributed by atoms with van der Waals surface area (Å²) in [7, 11) is 0. The molecule has 1 aliphatic heterocycles. The summed E-state index contributed by atoms with van der Waals surface area (Å²) in [4.78, 5) is 22.1. The number of carboxylic acid groups (broad SMARTS) is 1. The fraction of sp³-hybridized carbons (Fsp3) is 0.385. The molecule has 0 unspecified atom stereocenters. The van der Waals surface area contributed by atoms with E-state index < -0.39 is 12.0 Å². The van der Waals surface area contributed by atoms with Gasteiger partial charge in [0.1, 0.15) is 13.2 Å². The highest BCUT2D eigenvalue weighted by Crippen LogP contribution is 2.40. The number of halogens is 1. The maximum atomic E-state index is 11.2. The van der Waals surface area contributed by atoms with Gasteiger partial charge in [0.05, 0.1) is 16.9 Å². The maximum absolute atomic E-state index is 11.2. The number of benzene rings is 1. The second-order valence-electron chi connectivity index (χ2n) is 4.38. The van der Waals surface area contributed by atoms with Crippen molar-refractivity contribution >= 4 is 27.8 Å². The molecule has 0 fully saturated rings. The molecule has 1 aromatic rings. The Morgan fingerprint density at radius 1 is 1.40 bits per heavy atom. The molecule has 1 amide bonds. The molecule has 1 aromatic carbocycles. The molecule has 2 rings (SSSR count). The largest absolute Gasteiger partial charge is 0.486 e. The van der Waals surface area contributed by atoms with Gasteiger partial charge in [-0.05, 0) is 33.6 Å². The summed E-state index contributed by atoms with van der Waals surface area (Å²) in [6.45, 7) is 2.25. The van der Waals surface area contributed by atoms with E-state index in [0.717, 1.165) is 0 Å². The predicted molar refractivity (Wildman–Crippen MR) is 73.9 cm³/mol. The Morgan fingerprint density at radius 3 is 2.75 bits per heavy atom. The number of fused-ring (bicyclic) bond motifs is 1. The highest BCUT2D eigenvalue weighted by Gasteiger charge is 2.22. The van der Waals surface area contributed by atoms with Crippen molar-refractivity contribution in [2.24, 2.45) is 0 Å². The van der Waals surface area contributed by atoms with Crippen molar-refractivity contribution in [2.45, 2.75) is 19.4 Å². The lowest BCUT2D eigenvalue weighted by Gasteiger charge is -2.23. The molecular weight excluding hydrogens is 330 g/mol. The van der Waals surface area contributed by atoms with Crippen LogP contribution in [0.2, 0.25) is 0 Å². The zero-order valence-corrected chi connectivity index (χ0v) is 12.4. The first-order valence-electron chi connectivity index (χ1n) is 6.05. The van der Waals surface area contributed by atoms with Gasteiger partial charge in [-0.2, -0.15) is 0 Å². The third-order valence-corrected chi connectivity index (χ3v) is 3.37. The highest BCUT2D eigenvalue weighted by atomic mass is 79.9. The number of nitrogens with one attached hydrogen (secondary N) is 1. The van der Waals surface area contributed by atoms with Crippen LogP contribution in [0, 0.1) is 0 Å². The number of hydrogen-bond donors (Lipinski definition) is 2. The Kier molecular flexibility index (Phi) is 4.49. The van der Waals surface area contributed by atoms with Crippen molar-refractivity contribution in [3.63, 3.8) is 0 Å². The smallest absolute Gasteiger partial charge is 0.305 e. The van der Waals surface area contributed by atoms with Crippen molar-refractivity contribution < 1.29 is 24.2 Å². The number of carbonyl (C=O) groups excluding carboxylic acids is 1. The topological polar surface area (TPSA) is 84.9 Å². The van der Waals surface area contributed by atoms with Gasteiger partial charge >= 0.3 is 5.97 Å². The van der Waals surface area contributed by atoms with Gasteiger partial charge in [-0.3, -0.25) is 9.59 Å². The van der Waals surface area contributed by atoms with E-state index in [1.807, 2.05) is 0 Å². The van der Waals surface area contributed by atoms with Crippen molar-refractivity contribution in [3.8, 4) is 11.5 Å². The molecule has 20 heavy (non-hydrogen) atoms. The van der Waals surface area contributed by atoms with Crippen molar-refractivity contribution in [2.75, 3.05) is 13.2 Å². The van der Waals surface area contributed by atoms with Gasteiger partial charge in [-0.25, -0.2) is 0 Å². The summed E-state index contributed by atoms with van der Waals surface area (Å²) in [6, 6.07) is 2.82. The number of hydrogen-bond acceptors (Lipinski definition) is 4. The summed E-state index contributed by atoms with van der Waals surface area (Å²) in [6.07, 6.45) is -0.203. The molecule has 6 nitrogen and oxygen atoms in total. The van der Waals surface area contributed by atoms with E-state index in [1.54, 1.807) is 12.1 Å². The second-order valence-corrected chi connectivity index (χ2v) is 5.23.